The zero-order valence-corrected chi connectivity index (χ0v) is 11.3. The summed E-state index contributed by atoms with van der Waals surface area (Å²) in [6, 6.07) is 0. The van der Waals surface area contributed by atoms with E-state index in [9.17, 15) is 0 Å². The molecule has 1 N–H and O–H groups in total. The molecule has 0 saturated heterocycles. The molecule has 1 aliphatic rings. The number of hydrogen-bond donors (Lipinski definition) is 1. The molecule has 2 nitrogen and oxygen atoms in total. The molecule has 0 amide bonds. The predicted octanol–water partition coefficient (Wildman–Crippen LogP) is 2.89. The first kappa shape index (κ1) is 14.0. The summed E-state index contributed by atoms with van der Waals surface area (Å²) in [7, 11) is 2.19. The van der Waals surface area contributed by atoms with Gasteiger partial charge in [0.1, 0.15) is 0 Å². The average Bonchev–Trinajstić information content (AvgIpc) is 2.26. The monoisotopic (exact) mass is 226 g/mol. The van der Waals surface area contributed by atoms with Gasteiger partial charge in [-0.1, -0.05) is 39.0 Å². The van der Waals surface area contributed by atoms with Gasteiger partial charge in [0.05, 0.1) is 0 Å². The van der Waals surface area contributed by atoms with Gasteiger partial charge in [0.25, 0.3) is 0 Å². The molecule has 0 aromatic heterocycles. The van der Waals surface area contributed by atoms with Crippen LogP contribution in [0.2, 0.25) is 0 Å². The highest BCUT2D eigenvalue weighted by Gasteiger charge is 2.10. The summed E-state index contributed by atoms with van der Waals surface area (Å²) in [5.74, 6) is 0.951. The Kier molecular flexibility index (Phi) is 7.87. The van der Waals surface area contributed by atoms with Crippen molar-refractivity contribution in [3.05, 3.63) is 0 Å². The molecule has 1 saturated carbocycles. The lowest BCUT2D eigenvalue weighted by molar-refractivity contribution is 0.325. The number of rotatable bonds is 6. The molecule has 0 atom stereocenters. The van der Waals surface area contributed by atoms with Crippen LogP contribution in [0.1, 0.15) is 51.9 Å². The smallest absolute Gasteiger partial charge is 0.0104 e. The van der Waals surface area contributed by atoms with Gasteiger partial charge in [-0.15, -0.1) is 0 Å². The molecule has 0 aliphatic heterocycles. The Morgan fingerprint density at radius 1 is 1.06 bits per heavy atom. The van der Waals surface area contributed by atoms with Crippen molar-refractivity contribution < 1.29 is 0 Å². The predicted molar refractivity (Wildman–Crippen MR) is 71.8 cm³/mol. The third kappa shape index (κ3) is 6.49. The fraction of sp³-hybridized carbons (Fsp3) is 1.00. The number of nitrogens with one attached hydrogen (secondary N) is 1. The van der Waals surface area contributed by atoms with Crippen LogP contribution in [0.4, 0.5) is 0 Å². The molecule has 1 fully saturated rings. The minimum Gasteiger partial charge on any atom is -0.315 e. The molecule has 0 radical (unpaired) electrons. The Balaban J connectivity index is 2.01. The van der Waals surface area contributed by atoms with Crippen molar-refractivity contribution in [2.24, 2.45) is 5.92 Å². The van der Waals surface area contributed by atoms with Crippen LogP contribution in [0, 0.1) is 5.92 Å². The maximum absolute atomic E-state index is 3.63. The van der Waals surface area contributed by atoms with Gasteiger partial charge in [-0.3, -0.25) is 0 Å². The summed E-state index contributed by atoms with van der Waals surface area (Å²) in [4.78, 5) is 2.37. The molecule has 2 heteroatoms. The Morgan fingerprint density at radius 3 is 2.31 bits per heavy atom. The highest BCUT2D eigenvalue weighted by molar-refractivity contribution is 4.66. The van der Waals surface area contributed by atoms with E-state index >= 15 is 0 Å². The molecule has 0 heterocycles. The number of hydrogen-bond acceptors (Lipinski definition) is 2. The summed E-state index contributed by atoms with van der Waals surface area (Å²) >= 11 is 0. The van der Waals surface area contributed by atoms with Gasteiger partial charge < -0.3 is 10.2 Å². The number of likely N-dealkylation sites (N-methyl/N-ethyl adjacent to an activating group) is 1. The van der Waals surface area contributed by atoms with Gasteiger partial charge >= 0.3 is 0 Å². The van der Waals surface area contributed by atoms with Crippen LogP contribution < -0.4 is 5.32 Å². The average molecular weight is 226 g/mol. The van der Waals surface area contributed by atoms with Crippen molar-refractivity contribution in [2.75, 3.05) is 33.2 Å². The maximum Gasteiger partial charge on any atom is 0.0104 e. The minimum atomic E-state index is 0.951. The summed E-state index contributed by atoms with van der Waals surface area (Å²) < 4.78 is 0. The van der Waals surface area contributed by atoms with E-state index in [2.05, 4.69) is 24.2 Å². The van der Waals surface area contributed by atoms with Crippen molar-refractivity contribution in [1.82, 2.24) is 10.2 Å². The van der Waals surface area contributed by atoms with E-state index in [0.29, 0.717) is 0 Å². The fourth-order valence-electron chi connectivity index (χ4n) is 2.48. The second kappa shape index (κ2) is 9.00. The van der Waals surface area contributed by atoms with E-state index < -0.39 is 0 Å². The van der Waals surface area contributed by atoms with E-state index in [1.54, 1.807) is 0 Å². The van der Waals surface area contributed by atoms with E-state index in [-0.39, 0.29) is 0 Å². The molecule has 0 unspecified atom stereocenters. The molecular formula is C14H30N2. The van der Waals surface area contributed by atoms with E-state index in [1.807, 2.05) is 0 Å². The molecule has 0 aromatic carbocycles. The van der Waals surface area contributed by atoms with Crippen LogP contribution in [0.25, 0.3) is 0 Å². The highest BCUT2D eigenvalue weighted by atomic mass is 15.1. The molecule has 1 rings (SSSR count). The van der Waals surface area contributed by atoms with Gasteiger partial charge in [-0.25, -0.2) is 0 Å². The van der Waals surface area contributed by atoms with E-state index in [4.69, 9.17) is 0 Å². The fourth-order valence-corrected chi connectivity index (χ4v) is 2.48. The zero-order valence-electron chi connectivity index (χ0n) is 11.3. The normalized spacial score (nSPS) is 19.7. The van der Waals surface area contributed by atoms with Gasteiger partial charge in [0.2, 0.25) is 0 Å². The Bertz CT molecular complexity index is 151. The van der Waals surface area contributed by atoms with Gasteiger partial charge in [-0.05, 0) is 38.9 Å². The lowest BCUT2D eigenvalue weighted by Crippen LogP contribution is -2.32. The first-order chi connectivity index (χ1) is 7.83. The quantitative estimate of drug-likeness (QED) is 0.701. The van der Waals surface area contributed by atoms with Crippen molar-refractivity contribution in [3.63, 3.8) is 0 Å². The van der Waals surface area contributed by atoms with Crippen molar-refractivity contribution in [1.29, 1.82) is 0 Å². The molecular weight excluding hydrogens is 196 g/mol. The lowest BCUT2D eigenvalue weighted by atomic mass is 9.91. The van der Waals surface area contributed by atoms with Crippen molar-refractivity contribution >= 4 is 0 Å². The third-order valence-electron chi connectivity index (χ3n) is 3.87. The molecule has 0 bridgehead atoms. The van der Waals surface area contributed by atoms with E-state index in [0.717, 1.165) is 19.0 Å². The molecule has 0 aromatic rings. The topological polar surface area (TPSA) is 15.3 Å². The van der Waals surface area contributed by atoms with Crippen LogP contribution in [0.5, 0.6) is 0 Å². The third-order valence-corrected chi connectivity index (χ3v) is 3.87. The Morgan fingerprint density at radius 2 is 1.69 bits per heavy atom. The van der Waals surface area contributed by atoms with Crippen molar-refractivity contribution in [2.45, 2.75) is 51.9 Å². The zero-order chi connectivity index (χ0) is 11.6. The first-order valence-electron chi connectivity index (χ1n) is 7.22. The Hall–Kier alpha value is -0.0800. The van der Waals surface area contributed by atoms with Crippen LogP contribution in [-0.2, 0) is 0 Å². The first-order valence-corrected chi connectivity index (χ1v) is 7.22. The minimum absolute atomic E-state index is 0.951. The molecule has 96 valence electrons. The molecule has 16 heavy (non-hydrogen) atoms. The van der Waals surface area contributed by atoms with Gasteiger partial charge in [0, 0.05) is 13.1 Å². The molecule has 0 spiro atoms. The SMILES string of the molecule is CCN(C)CCNCC1CCCCCCC1. The number of nitrogens with zero attached hydrogens (tertiary/aromatic N) is 1. The summed E-state index contributed by atoms with van der Waals surface area (Å²) in [5.41, 5.74) is 0. The second-order valence-corrected chi connectivity index (χ2v) is 5.31. The largest absolute Gasteiger partial charge is 0.315 e. The highest BCUT2D eigenvalue weighted by Crippen LogP contribution is 2.21. The van der Waals surface area contributed by atoms with Crippen LogP contribution >= 0.6 is 0 Å². The Labute approximate surface area is 102 Å². The van der Waals surface area contributed by atoms with E-state index in [1.165, 1.54) is 58.0 Å². The van der Waals surface area contributed by atoms with Gasteiger partial charge in [-0.2, -0.15) is 0 Å². The summed E-state index contributed by atoms with van der Waals surface area (Å²) in [5, 5.41) is 3.63. The maximum atomic E-state index is 3.63. The second-order valence-electron chi connectivity index (χ2n) is 5.31. The standard InChI is InChI=1S/C14H30N2/c1-3-16(2)12-11-15-13-14-9-7-5-4-6-8-10-14/h14-15H,3-13H2,1-2H3. The summed E-state index contributed by atoms with van der Waals surface area (Å²) in [6.07, 6.45) is 10.2. The van der Waals surface area contributed by atoms with Crippen LogP contribution in [0.3, 0.4) is 0 Å². The van der Waals surface area contributed by atoms with Crippen LogP contribution in [-0.4, -0.2) is 38.1 Å². The van der Waals surface area contributed by atoms with Crippen LogP contribution in [0.15, 0.2) is 0 Å². The van der Waals surface area contributed by atoms with Crippen molar-refractivity contribution in [3.8, 4) is 0 Å². The molecule has 1 aliphatic carbocycles. The summed E-state index contributed by atoms with van der Waals surface area (Å²) in [6.45, 7) is 6.96. The lowest BCUT2D eigenvalue weighted by Gasteiger charge is -2.21. The van der Waals surface area contributed by atoms with Gasteiger partial charge in [0.15, 0.2) is 0 Å².